The molecule has 2 aromatic rings. The van der Waals surface area contributed by atoms with Crippen molar-refractivity contribution in [2.75, 3.05) is 0 Å². The quantitative estimate of drug-likeness (QED) is 0.822. The first kappa shape index (κ1) is 16.4. The number of thiophene rings is 1. The van der Waals surface area contributed by atoms with E-state index in [9.17, 15) is 4.79 Å². The van der Waals surface area contributed by atoms with Gasteiger partial charge < -0.3 is 5.32 Å². The third-order valence-corrected chi connectivity index (χ3v) is 5.65. The van der Waals surface area contributed by atoms with Crippen molar-refractivity contribution in [3.05, 3.63) is 22.3 Å². The molecule has 5 nitrogen and oxygen atoms in total. The molecular weight excluding hydrogens is 328 g/mol. The molecule has 1 aliphatic rings. The zero-order valence-electron chi connectivity index (χ0n) is 13.4. The molecule has 1 amide bonds. The van der Waals surface area contributed by atoms with E-state index in [4.69, 9.17) is 12.2 Å². The zero-order chi connectivity index (χ0) is 16.4. The fourth-order valence-corrected chi connectivity index (χ4v) is 4.25. The third kappa shape index (κ3) is 3.55. The lowest BCUT2D eigenvalue weighted by Crippen LogP contribution is -2.41. The first-order valence-corrected chi connectivity index (χ1v) is 9.36. The summed E-state index contributed by atoms with van der Waals surface area (Å²) in [5.41, 5.74) is 0. The number of carbonyl (C=O) groups is 1. The van der Waals surface area contributed by atoms with Gasteiger partial charge in [0.05, 0.1) is 4.88 Å². The minimum absolute atomic E-state index is 0.0133. The van der Waals surface area contributed by atoms with Crippen LogP contribution in [0.1, 0.15) is 45.6 Å². The first-order valence-electron chi connectivity index (χ1n) is 8.07. The Morgan fingerprint density at radius 2 is 2.39 bits per heavy atom. The zero-order valence-corrected chi connectivity index (χ0v) is 15.0. The molecule has 0 bridgehead atoms. The Hall–Kier alpha value is -1.47. The minimum atomic E-state index is -0.379. The number of hydrogen-bond donors (Lipinski definition) is 2. The number of aromatic nitrogens is 3. The molecule has 1 aliphatic carbocycles. The van der Waals surface area contributed by atoms with Crippen LogP contribution < -0.4 is 5.32 Å². The van der Waals surface area contributed by atoms with E-state index < -0.39 is 0 Å². The maximum Gasteiger partial charge on any atom is 0.243 e. The van der Waals surface area contributed by atoms with Gasteiger partial charge in [0.15, 0.2) is 10.6 Å². The predicted molar refractivity (Wildman–Crippen MR) is 95.0 cm³/mol. The van der Waals surface area contributed by atoms with E-state index >= 15 is 0 Å². The van der Waals surface area contributed by atoms with Crippen LogP contribution in [0, 0.1) is 10.7 Å². The SMILES string of the molecule is CC1CCCC(NC(=O)C(C)n2c(-c3cccs3)n[nH]c2=S)C1. The van der Waals surface area contributed by atoms with Crippen LogP contribution in [-0.2, 0) is 4.79 Å². The highest BCUT2D eigenvalue weighted by atomic mass is 32.1. The van der Waals surface area contributed by atoms with Crippen molar-refractivity contribution in [3.63, 3.8) is 0 Å². The highest BCUT2D eigenvalue weighted by Gasteiger charge is 2.25. The second-order valence-electron chi connectivity index (χ2n) is 6.35. The van der Waals surface area contributed by atoms with Gasteiger partial charge in [0.2, 0.25) is 5.91 Å². The smallest absolute Gasteiger partial charge is 0.243 e. The van der Waals surface area contributed by atoms with Crippen LogP contribution in [0.5, 0.6) is 0 Å². The van der Waals surface area contributed by atoms with Crippen molar-refractivity contribution >= 4 is 29.5 Å². The molecule has 3 atom stereocenters. The summed E-state index contributed by atoms with van der Waals surface area (Å²) >= 11 is 6.92. The summed E-state index contributed by atoms with van der Waals surface area (Å²) in [6, 6.07) is 3.85. The molecule has 7 heteroatoms. The molecular formula is C16H22N4OS2. The number of H-pyrrole nitrogens is 1. The number of amides is 1. The topological polar surface area (TPSA) is 62.7 Å². The van der Waals surface area contributed by atoms with Crippen LogP contribution in [-0.4, -0.2) is 26.7 Å². The van der Waals surface area contributed by atoms with Crippen LogP contribution in [0.2, 0.25) is 0 Å². The highest BCUT2D eigenvalue weighted by Crippen LogP contribution is 2.27. The number of aromatic amines is 1. The number of hydrogen-bond acceptors (Lipinski definition) is 4. The van der Waals surface area contributed by atoms with Gasteiger partial charge in [-0.15, -0.1) is 11.3 Å². The second kappa shape index (κ2) is 6.97. The Kier molecular flexibility index (Phi) is 4.96. The Morgan fingerprint density at radius 1 is 1.57 bits per heavy atom. The summed E-state index contributed by atoms with van der Waals surface area (Å²) in [6.45, 7) is 4.13. The molecule has 0 saturated heterocycles. The van der Waals surface area contributed by atoms with Crippen LogP contribution in [0.25, 0.3) is 10.7 Å². The number of nitrogens with one attached hydrogen (secondary N) is 2. The molecule has 1 fully saturated rings. The molecule has 0 spiro atoms. The summed E-state index contributed by atoms with van der Waals surface area (Å²) in [4.78, 5) is 13.7. The minimum Gasteiger partial charge on any atom is -0.352 e. The molecule has 2 heterocycles. The average Bonchev–Trinajstić information content (AvgIpc) is 3.15. The lowest BCUT2D eigenvalue weighted by molar-refractivity contribution is -0.124. The van der Waals surface area contributed by atoms with Gasteiger partial charge in [-0.25, -0.2) is 0 Å². The van der Waals surface area contributed by atoms with Gasteiger partial charge in [0.25, 0.3) is 0 Å². The largest absolute Gasteiger partial charge is 0.352 e. The molecule has 0 radical (unpaired) electrons. The Morgan fingerprint density at radius 3 is 3.09 bits per heavy atom. The molecule has 2 aromatic heterocycles. The molecule has 1 saturated carbocycles. The lowest BCUT2D eigenvalue weighted by Gasteiger charge is -2.28. The van der Waals surface area contributed by atoms with Gasteiger partial charge in [0, 0.05) is 6.04 Å². The van der Waals surface area contributed by atoms with Crippen molar-refractivity contribution < 1.29 is 4.79 Å². The summed E-state index contributed by atoms with van der Waals surface area (Å²) in [7, 11) is 0. The summed E-state index contributed by atoms with van der Waals surface area (Å²) in [5, 5.41) is 12.3. The van der Waals surface area contributed by atoms with Gasteiger partial charge in [-0.2, -0.15) is 5.10 Å². The fraction of sp³-hybridized carbons (Fsp3) is 0.562. The summed E-state index contributed by atoms with van der Waals surface area (Å²) in [6.07, 6.45) is 4.58. The molecule has 0 aliphatic heterocycles. The van der Waals surface area contributed by atoms with E-state index in [1.165, 1.54) is 12.8 Å². The number of rotatable bonds is 4. The van der Waals surface area contributed by atoms with Crippen molar-refractivity contribution in [3.8, 4) is 10.7 Å². The summed E-state index contributed by atoms with van der Waals surface area (Å²) < 4.78 is 2.29. The van der Waals surface area contributed by atoms with Crippen molar-refractivity contribution in [2.24, 2.45) is 5.92 Å². The van der Waals surface area contributed by atoms with E-state index in [0.717, 1.165) is 23.5 Å². The first-order chi connectivity index (χ1) is 11.1. The lowest BCUT2D eigenvalue weighted by atomic mass is 9.87. The van der Waals surface area contributed by atoms with Gasteiger partial charge >= 0.3 is 0 Å². The Balaban J connectivity index is 1.77. The van der Waals surface area contributed by atoms with Crippen LogP contribution in [0.15, 0.2) is 17.5 Å². The molecule has 2 N–H and O–H groups in total. The molecule has 3 unspecified atom stereocenters. The van der Waals surface area contributed by atoms with Crippen LogP contribution in [0.4, 0.5) is 0 Å². The van der Waals surface area contributed by atoms with Gasteiger partial charge in [-0.05, 0) is 49.3 Å². The maximum atomic E-state index is 12.7. The van der Waals surface area contributed by atoms with Crippen LogP contribution >= 0.6 is 23.6 Å². The van der Waals surface area contributed by atoms with Crippen molar-refractivity contribution in [1.29, 1.82) is 0 Å². The average molecular weight is 351 g/mol. The molecule has 0 aromatic carbocycles. The number of carbonyl (C=O) groups excluding carboxylic acids is 1. The molecule has 124 valence electrons. The van der Waals surface area contributed by atoms with Gasteiger partial charge in [-0.1, -0.05) is 25.8 Å². The number of nitrogens with zero attached hydrogens (tertiary/aromatic N) is 2. The van der Waals surface area contributed by atoms with Crippen molar-refractivity contribution in [2.45, 2.75) is 51.6 Å². The highest BCUT2D eigenvalue weighted by molar-refractivity contribution is 7.71. The van der Waals surface area contributed by atoms with E-state index in [1.807, 2.05) is 29.0 Å². The van der Waals surface area contributed by atoms with E-state index in [1.54, 1.807) is 11.3 Å². The Bertz CT molecular complexity index is 719. The Labute approximate surface area is 145 Å². The van der Waals surface area contributed by atoms with E-state index in [2.05, 4.69) is 22.4 Å². The fourth-order valence-electron chi connectivity index (χ4n) is 3.25. The second-order valence-corrected chi connectivity index (χ2v) is 7.69. The molecule has 3 rings (SSSR count). The third-order valence-electron chi connectivity index (χ3n) is 4.50. The van der Waals surface area contributed by atoms with Gasteiger partial charge in [-0.3, -0.25) is 14.5 Å². The standard InChI is InChI=1S/C16H22N4OS2/c1-10-5-3-6-12(9-10)17-15(21)11(2)20-14(18-19-16(20)22)13-7-4-8-23-13/h4,7-8,10-12H,3,5-6,9H2,1-2H3,(H,17,21)(H,19,22). The normalized spacial score (nSPS) is 22.7. The van der Waals surface area contributed by atoms with Gasteiger partial charge in [0.1, 0.15) is 6.04 Å². The van der Waals surface area contributed by atoms with E-state index in [-0.39, 0.29) is 18.0 Å². The van der Waals surface area contributed by atoms with E-state index in [0.29, 0.717) is 10.7 Å². The maximum absolute atomic E-state index is 12.7. The molecule has 23 heavy (non-hydrogen) atoms. The summed E-state index contributed by atoms with van der Waals surface area (Å²) in [5.74, 6) is 1.42. The van der Waals surface area contributed by atoms with Crippen LogP contribution in [0.3, 0.4) is 0 Å². The predicted octanol–water partition coefficient (Wildman–Crippen LogP) is 3.93. The van der Waals surface area contributed by atoms with Crippen molar-refractivity contribution in [1.82, 2.24) is 20.1 Å². The monoisotopic (exact) mass is 350 g/mol.